The first-order valence-electron chi connectivity index (χ1n) is 7.38. The normalized spacial score (nSPS) is 19.3. The first-order valence-corrected chi connectivity index (χ1v) is 7.38. The lowest BCUT2D eigenvalue weighted by atomic mass is 9.85. The number of fused-ring (bicyclic) bond motifs is 1. The molecular formula is C17H21N3O. The van der Waals surface area contributed by atoms with Gasteiger partial charge in [-0.15, -0.1) is 0 Å². The summed E-state index contributed by atoms with van der Waals surface area (Å²) in [5.41, 5.74) is 6.04. The summed E-state index contributed by atoms with van der Waals surface area (Å²) < 4.78 is 0. The van der Waals surface area contributed by atoms with Crippen molar-refractivity contribution in [2.75, 3.05) is 26.2 Å². The fourth-order valence-electron chi connectivity index (χ4n) is 3.22. The first kappa shape index (κ1) is 14.0. The summed E-state index contributed by atoms with van der Waals surface area (Å²) in [6.07, 6.45) is 0. The fraction of sp³-hybridized carbons (Fsp3) is 0.353. The molecule has 3 rings (SSSR count). The molecule has 1 heterocycles. The van der Waals surface area contributed by atoms with E-state index >= 15 is 0 Å². The molecule has 0 spiro atoms. The van der Waals surface area contributed by atoms with E-state index < -0.39 is 5.54 Å². The van der Waals surface area contributed by atoms with Crippen molar-refractivity contribution in [1.82, 2.24) is 10.2 Å². The van der Waals surface area contributed by atoms with E-state index in [-0.39, 0.29) is 5.91 Å². The molecule has 1 unspecified atom stereocenters. The van der Waals surface area contributed by atoms with E-state index in [1.165, 1.54) is 0 Å². The molecule has 2 aromatic carbocycles. The highest BCUT2D eigenvalue weighted by Crippen LogP contribution is 2.33. The molecule has 1 aliphatic rings. The van der Waals surface area contributed by atoms with Gasteiger partial charge in [0, 0.05) is 26.2 Å². The molecule has 0 bridgehead atoms. The second kappa shape index (κ2) is 5.47. The molecule has 0 radical (unpaired) electrons. The Balaban J connectivity index is 2.17. The highest BCUT2D eigenvalue weighted by molar-refractivity contribution is 5.94. The third kappa shape index (κ3) is 2.30. The molecule has 1 saturated heterocycles. The van der Waals surface area contributed by atoms with Crippen LogP contribution in [0.4, 0.5) is 0 Å². The average molecular weight is 283 g/mol. The van der Waals surface area contributed by atoms with Gasteiger partial charge < -0.3 is 11.1 Å². The van der Waals surface area contributed by atoms with Crippen LogP contribution in [0.15, 0.2) is 42.5 Å². The van der Waals surface area contributed by atoms with Crippen LogP contribution in [0, 0.1) is 0 Å². The zero-order chi connectivity index (χ0) is 14.9. The molecule has 0 aliphatic carbocycles. The van der Waals surface area contributed by atoms with Gasteiger partial charge in [0.2, 0.25) is 5.91 Å². The van der Waals surface area contributed by atoms with Crippen LogP contribution in [-0.2, 0) is 10.3 Å². The predicted molar refractivity (Wildman–Crippen MR) is 84.9 cm³/mol. The highest BCUT2D eigenvalue weighted by atomic mass is 16.1. The number of nitrogens with zero attached hydrogens (tertiary/aromatic N) is 1. The molecule has 0 saturated carbocycles. The number of primary amides is 1. The summed E-state index contributed by atoms with van der Waals surface area (Å²) in [6.45, 7) is 5.36. The summed E-state index contributed by atoms with van der Waals surface area (Å²) >= 11 is 0. The van der Waals surface area contributed by atoms with Gasteiger partial charge in [0.1, 0.15) is 5.54 Å². The van der Waals surface area contributed by atoms with Gasteiger partial charge in [-0.3, -0.25) is 9.69 Å². The van der Waals surface area contributed by atoms with Crippen LogP contribution >= 0.6 is 0 Å². The number of piperazine rings is 1. The van der Waals surface area contributed by atoms with Crippen LogP contribution in [0.25, 0.3) is 10.8 Å². The van der Waals surface area contributed by atoms with E-state index in [9.17, 15) is 4.79 Å². The van der Waals surface area contributed by atoms with Crippen LogP contribution in [0.3, 0.4) is 0 Å². The zero-order valence-electron chi connectivity index (χ0n) is 12.3. The SMILES string of the molecule is CC(C(N)=O)(c1cccc2ccccc12)N1CCNCC1. The molecule has 110 valence electrons. The minimum atomic E-state index is -0.775. The van der Waals surface area contributed by atoms with Crippen molar-refractivity contribution < 1.29 is 4.79 Å². The number of carbonyl (C=O) groups is 1. The van der Waals surface area contributed by atoms with Gasteiger partial charge >= 0.3 is 0 Å². The number of amides is 1. The molecule has 4 nitrogen and oxygen atoms in total. The van der Waals surface area contributed by atoms with Crippen LogP contribution < -0.4 is 11.1 Å². The summed E-state index contributed by atoms with van der Waals surface area (Å²) in [5, 5.41) is 5.55. The van der Waals surface area contributed by atoms with E-state index in [0.717, 1.165) is 42.5 Å². The quantitative estimate of drug-likeness (QED) is 0.896. The maximum Gasteiger partial charge on any atom is 0.242 e. The van der Waals surface area contributed by atoms with E-state index in [0.29, 0.717) is 0 Å². The second-order valence-electron chi connectivity index (χ2n) is 5.70. The molecular weight excluding hydrogens is 262 g/mol. The Morgan fingerprint density at radius 3 is 2.52 bits per heavy atom. The van der Waals surface area contributed by atoms with Gasteiger partial charge in [0.25, 0.3) is 0 Å². The van der Waals surface area contributed by atoms with Gasteiger partial charge in [0.15, 0.2) is 0 Å². The van der Waals surface area contributed by atoms with Crippen molar-refractivity contribution in [2.45, 2.75) is 12.5 Å². The Hall–Kier alpha value is -1.91. The lowest BCUT2D eigenvalue weighted by Gasteiger charge is -2.42. The van der Waals surface area contributed by atoms with Crippen molar-refractivity contribution in [2.24, 2.45) is 5.73 Å². The van der Waals surface area contributed by atoms with E-state index in [1.54, 1.807) is 0 Å². The molecule has 1 aliphatic heterocycles. The van der Waals surface area contributed by atoms with Crippen molar-refractivity contribution in [3.05, 3.63) is 48.0 Å². The maximum absolute atomic E-state index is 12.3. The van der Waals surface area contributed by atoms with E-state index in [4.69, 9.17) is 5.73 Å². The highest BCUT2D eigenvalue weighted by Gasteiger charge is 2.40. The minimum Gasteiger partial charge on any atom is -0.368 e. The fourth-order valence-corrected chi connectivity index (χ4v) is 3.22. The summed E-state index contributed by atoms with van der Waals surface area (Å²) in [7, 11) is 0. The molecule has 1 amide bonds. The van der Waals surface area contributed by atoms with Crippen molar-refractivity contribution in [3.63, 3.8) is 0 Å². The Morgan fingerprint density at radius 2 is 1.81 bits per heavy atom. The minimum absolute atomic E-state index is 0.291. The zero-order valence-corrected chi connectivity index (χ0v) is 12.3. The molecule has 21 heavy (non-hydrogen) atoms. The summed E-state index contributed by atoms with van der Waals surface area (Å²) in [5.74, 6) is -0.291. The smallest absolute Gasteiger partial charge is 0.242 e. The number of carbonyl (C=O) groups excluding carboxylic acids is 1. The standard InChI is InChI=1S/C17H21N3O/c1-17(16(18)21,20-11-9-19-10-12-20)15-8-4-6-13-5-2-3-7-14(13)15/h2-8,19H,9-12H2,1H3,(H2,18,21). The lowest BCUT2D eigenvalue weighted by Crippen LogP contribution is -2.58. The maximum atomic E-state index is 12.3. The van der Waals surface area contributed by atoms with Gasteiger partial charge in [-0.2, -0.15) is 0 Å². The number of nitrogens with one attached hydrogen (secondary N) is 1. The van der Waals surface area contributed by atoms with Crippen molar-refractivity contribution in [3.8, 4) is 0 Å². The number of hydrogen-bond acceptors (Lipinski definition) is 3. The van der Waals surface area contributed by atoms with Gasteiger partial charge in [-0.1, -0.05) is 42.5 Å². The van der Waals surface area contributed by atoms with Crippen LogP contribution in [-0.4, -0.2) is 37.0 Å². The van der Waals surface area contributed by atoms with Crippen LogP contribution in [0.1, 0.15) is 12.5 Å². The third-order valence-corrected chi connectivity index (χ3v) is 4.54. The Bertz CT molecular complexity index is 659. The second-order valence-corrected chi connectivity index (χ2v) is 5.70. The van der Waals surface area contributed by atoms with E-state index in [2.05, 4.69) is 28.4 Å². The molecule has 3 N–H and O–H groups in total. The molecule has 2 aromatic rings. The molecule has 1 fully saturated rings. The topological polar surface area (TPSA) is 58.4 Å². The largest absolute Gasteiger partial charge is 0.368 e. The molecule has 0 aromatic heterocycles. The summed E-state index contributed by atoms with van der Waals surface area (Å²) in [6, 6.07) is 14.2. The third-order valence-electron chi connectivity index (χ3n) is 4.54. The van der Waals surface area contributed by atoms with Gasteiger partial charge in [-0.25, -0.2) is 0 Å². The monoisotopic (exact) mass is 283 g/mol. The number of benzene rings is 2. The number of nitrogens with two attached hydrogens (primary N) is 1. The number of rotatable bonds is 3. The van der Waals surface area contributed by atoms with Crippen molar-refractivity contribution >= 4 is 16.7 Å². The van der Waals surface area contributed by atoms with E-state index in [1.807, 2.05) is 31.2 Å². The Labute approximate surface area is 124 Å². The van der Waals surface area contributed by atoms with Crippen molar-refractivity contribution in [1.29, 1.82) is 0 Å². The van der Waals surface area contributed by atoms with Gasteiger partial charge in [0.05, 0.1) is 0 Å². The Morgan fingerprint density at radius 1 is 1.14 bits per heavy atom. The molecule has 4 heteroatoms. The molecule has 1 atom stereocenters. The number of hydrogen-bond donors (Lipinski definition) is 2. The first-order chi connectivity index (χ1) is 10.1. The summed E-state index contributed by atoms with van der Waals surface area (Å²) in [4.78, 5) is 14.5. The van der Waals surface area contributed by atoms with Crippen LogP contribution in [0.2, 0.25) is 0 Å². The average Bonchev–Trinajstić information content (AvgIpc) is 2.54. The Kier molecular flexibility index (Phi) is 3.66. The van der Waals surface area contributed by atoms with Crippen LogP contribution in [0.5, 0.6) is 0 Å². The van der Waals surface area contributed by atoms with Gasteiger partial charge in [-0.05, 0) is 23.3 Å². The lowest BCUT2D eigenvalue weighted by molar-refractivity contribution is -0.130. The predicted octanol–water partition coefficient (Wildman–Crippen LogP) is 1.45.